The number of nitrogens with two attached hydrogens (primary N) is 1. The van der Waals surface area contributed by atoms with E-state index in [-0.39, 0.29) is 5.91 Å². The number of hydrogen-bond acceptors (Lipinski definition) is 3. The summed E-state index contributed by atoms with van der Waals surface area (Å²) in [5.74, 6) is 0.759. The van der Waals surface area contributed by atoms with Crippen molar-refractivity contribution in [3.05, 3.63) is 29.8 Å². The lowest BCUT2D eigenvalue weighted by molar-refractivity contribution is -0.134. The molecule has 1 heterocycles. The van der Waals surface area contributed by atoms with Crippen LogP contribution in [-0.4, -0.2) is 48.4 Å². The van der Waals surface area contributed by atoms with Gasteiger partial charge in [0.25, 0.3) is 0 Å². The van der Waals surface area contributed by atoms with Gasteiger partial charge in [-0.3, -0.25) is 4.79 Å². The van der Waals surface area contributed by atoms with E-state index in [1.54, 1.807) is 0 Å². The average molecular weight is 303 g/mol. The van der Waals surface area contributed by atoms with Crippen molar-refractivity contribution in [3.63, 3.8) is 0 Å². The molecule has 1 saturated heterocycles. The normalized spacial score (nSPS) is 22.5. The smallest absolute Gasteiger partial charge is 0.222 e. The van der Waals surface area contributed by atoms with E-state index in [0.29, 0.717) is 18.4 Å². The molecule has 1 fully saturated rings. The van der Waals surface area contributed by atoms with E-state index in [4.69, 9.17) is 5.73 Å². The molecule has 2 unspecified atom stereocenters. The molecule has 0 saturated carbocycles. The lowest BCUT2D eigenvalue weighted by Gasteiger charge is -2.41. The Morgan fingerprint density at radius 2 is 2.14 bits per heavy atom. The number of rotatable bonds is 5. The molecule has 2 rings (SSSR count). The van der Waals surface area contributed by atoms with Gasteiger partial charge in [0, 0.05) is 38.3 Å². The summed E-state index contributed by atoms with van der Waals surface area (Å²) in [5.41, 5.74) is 7.80. The number of benzene rings is 1. The molecule has 1 amide bonds. The molecule has 0 aliphatic carbocycles. The summed E-state index contributed by atoms with van der Waals surface area (Å²) in [4.78, 5) is 16.9. The van der Waals surface area contributed by atoms with Gasteiger partial charge in [-0.25, -0.2) is 0 Å². The van der Waals surface area contributed by atoms with Crippen molar-refractivity contribution in [3.8, 4) is 0 Å². The summed E-state index contributed by atoms with van der Waals surface area (Å²) >= 11 is 0. The van der Waals surface area contributed by atoms with E-state index in [1.165, 1.54) is 0 Å². The van der Waals surface area contributed by atoms with Gasteiger partial charge in [0.1, 0.15) is 0 Å². The molecular weight excluding hydrogens is 274 g/mol. The Morgan fingerprint density at radius 1 is 1.41 bits per heavy atom. The standard InChI is InChI=1S/C18H29N3O/c1-4-21-12-11-17(14(2)13-21)20(3)18(22)10-9-15-7-5-6-8-16(15)19/h5-8,14,17H,4,9-13,19H2,1-3H3. The number of carbonyl (C=O) groups excluding carboxylic acids is 1. The second-order valence-electron chi connectivity index (χ2n) is 6.43. The Hall–Kier alpha value is -1.55. The van der Waals surface area contributed by atoms with Crippen molar-refractivity contribution in [2.75, 3.05) is 32.4 Å². The molecule has 2 N–H and O–H groups in total. The Bertz CT molecular complexity index is 503. The molecule has 0 radical (unpaired) electrons. The summed E-state index contributed by atoms with van der Waals surface area (Å²) in [5, 5.41) is 0. The SMILES string of the molecule is CCN1CCC(N(C)C(=O)CCc2ccccc2N)C(C)C1. The fourth-order valence-corrected chi connectivity index (χ4v) is 3.45. The highest BCUT2D eigenvalue weighted by molar-refractivity contribution is 5.76. The number of anilines is 1. The summed E-state index contributed by atoms with van der Waals surface area (Å²) in [6, 6.07) is 8.17. The summed E-state index contributed by atoms with van der Waals surface area (Å²) < 4.78 is 0. The van der Waals surface area contributed by atoms with E-state index < -0.39 is 0 Å². The molecule has 0 bridgehead atoms. The van der Waals surface area contributed by atoms with Gasteiger partial charge < -0.3 is 15.5 Å². The van der Waals surface area contributed by atoms with Crippen molar-refractivity contribution >= 4 is 11.6 Å². The van der Waals surface area contributed by atoms with Crippen LogP contribution in [0.2, 0.25) is 0 Å². The predicted molar refractivity (Wildman–Crippen MR) is 91.6 cm³/mol. The summed E-state index contributed by atoms with van der Waals surface area (Å²) in [6.07, 6.45) is 2.33. The second-order valence-corrected chi connectivity index (χ2v) is 6.43. The highest BCUT2D eigenvalue weighted by Crippen LogP contribution is 2.22. The first-order valence-electron chi connectivity index (χ1n) is 8.34. The van der Waals surface area contributed by atoms with Gasteiger partial charge in [0.15, 0.2) is 0 Å². The fourth-order valence-electron chi connectivity index (χ4n) is 3.45. The lowest BCUT2D eigenvalue weighted by Crippen LogP contribution is -2.50. The zero-order chi connectivity index (χ0) is 16.1. The van der Waals surface area contributed by atoms with Crippen LogP contribution in [0.1, 0.15) is 32.3 Å². The van der Waals surface area contributed by atoms with Crippen molar-refractivity contribution in [1.29, 1.82) is 0 Å². The van der Waals surface area contributed by atoms with Crippen molar-refractivity contribution in [1.82, 2.24) is 9.80 Å². The van der Waals surface area contributed by atoms with Crippen LogP contribution in [0.4, 0.5) is 5.69 Å². The predicted octanol–water partition coefficient (Wildman–Crippen LogP) is 2.39. The number of amides is 1. The summed E-state index contributed by atoms with van der Waals surface area (Å²) in [7, 11) is 1.96. The Morgan fingerprint density at radius 3 is 2.77 bits per heavy atom. The monoisotopic (exact) mass is 303 g/mol. The topological polar surface area (TPSA) is 49.6 Å². The van der Waals surface area contributed by atoms with E-state index >= 15 is 0 Å². The first-order chi connectivity index (χ1) is 10.5. The molecular formula is C18H29N3O. The number of nitrogens with zero attached hydrogens (tertiary/aromatic N) is 2. The zero-order valence-electron chi connectivity index (χ0n) is 14.1. The fraction of sp³-hybridized carbons (Fsp3) is 0.611. The molecule has 2 atom stereocenters. The van der Waals surface area contributed by atoms with Gasteiger partial charge in [0.05, 0.1) is 0 Å². The number of para-hydroxylation sites is 1. The van der Waals surface area contributed by atoms with Gasteiger partial charge >= 0.3 is 0 Å². The van der Waals surface area contributed by atoms with E-state index in [1.807, 2.05) is 36.2 Å². The van der Waals surface area contributed by atoms with Crippen LogP contribution in [0, 0.1) is 5.92 Å². The maximum absolute atomic E-state index is 12.5. The number of carbonyl (C=O) groups is 1. The molecule has 1 aliphatic heterocycles. The van der Waals surface area contributed by atoms with Crippen LogP contribution < -0.4 is 5.73 Å². The first-order valence-corrected chi connectivity index (χ1v) is 8.34. The lowest BCUT2D eigenvalue weighted by atomic mass is 9.92. The third-order valence-corrected chi connectivity index (χ3v) is 4.95. The largest absolute Gasteiger partial charge is 0.399 e. The quantitative estimate of drug-likeness (QED) is 0.850. The zero-order valence-corrected chi connectivity index (χ0v) is 14.1. The Balaban J connectivity index is 1.88. The van der Waals surface area contributed by atoms with E-state index in [0.717, 1.165) is 43.7 Å². The number of nitrogen functional groups attached to an aromatic ring is 1. The average Bonchev–Trinajstić information content (AvgIpc) is 2.53. The maximum atomic E-state index is 12.5. The van der Waals surface area contributed by atoms with Crippen LogP contribution >= 0.6 is 0 Å². The van der Waals surface area contributed by atoms with Crippen LogP contribution in [0.15, 0.2) is 24.3 Å². The Kier molecular flexibility index (Phi) is 5.83. The minimum Gasteiger partial charge on any atom is -0.399 e. The minimum absolute atomic E-state index is 0.227. The van der Waals surface area contributed by atoms with Crippen LogP contribution in [0.5, 0.6) is 0 Å². The van der Waals surface area contributed by atoms with Gasteiger partial charge in [-0.2, -0.15) is 0 Å². The molecule has 1 aromatic carbocycles. The molecule has 22 heavy (non-hydrogen) atoms. The second kappa shape index (κ2) is 7.63. The van der Waals surface area contributed by atoms with Gasteiger partial charge in [-0.05, 0) is 36.9 Å². The minimum atomic E-state index is 0.227. The molecule has 1 aromatic rings. The maximum Gasteiger partial charge on any atom is 0.222 e. The van der Waals surface area contributed by atoms with Crippen LogP contribution in [0.3, 0.4) is 0 Å². The molecule has 4 nitrogen and oxygen atoms in total. The van der Waals surface area contributed by atoms with Gasteiger partial charge in [-0.15, -0.1) is 0 Å². The number of piperidine rings is 1. The van der Waals surface area contributed by atoms with E-state index in [9.17, 15) is 4.79 Å². The third-order valence-electron chi connectivity index (χ3n) is 4.95. The van der Waals surface area contributed by atoms with Crippen LogP contribution in [-0.2, 0) is 11.2 Å². The number of hydrogen-bond donors (Lipinski definition) is 1. The van der Waals surface area contributed by atoms with Crippen molar-refractivity contribution in [2.45, 2.75) is 39.2 Å². The Labute approximate surface area is 134 Å². The van der Waals surface area contributed by atoms with E-state index in [2.05, 4.69) is 18.7 Å². The number of aryl methyl sites for hydroxylation is 1. The van der Waals surface area contributed by atoms with Gasteiger partial charge in [-0.1, -0.05) is 32.0 Å². The first kappa shape index (κ1) is 16.8. The highest BCUT2D eigenvalue weighted by Gasteiger charge is 2.30. The number of likely N-dealkylation sites (tertiary alicyclic amines) is 1. The molecule has 122 valence electrons. The summed E-state index contributed by atoms with van der Waals surface area (Å²) in [6.45, 7) is 7.73. The molecule has 0 spiro atoms. The van der Waals surface area contributed by atoms with Crippen LogP contribution in [0.25, 0.3) is 0 Å². The third kappa shape index (κ3) is 4.01. The highest BCUT2D eigenvalue weighted by atomic mass is 16.2. The molecule has 0 aromatic heterocycles. The molecule has 4 heteroatoms. The van der Waals surface area contributed by atoms with Crippen molar-refractivity contribution < 1.29 is 4.79 Å². The van der Waals surface area contributed by atoms with Gasteiger partial charge in [0.2, 0.25) is 5.91 Å². The van der Waals surface area contributed by atoms with Crippen molar-refractivity contribution in [2.24, 2.45) is 5.92 Å². The molecule has 1 aliphatic rings.